The van der Waals surface area contributed by atoms with Crippen molar-refractivity contribution in [2.24, 2.45) is 11.1 Å². The van der Waals surface area contributed by atoms with E-state index in [0.29, 0.717) is 26.2 Å². The average molecular weight is 217 g/mol. The van der Waals surface area contributed by atoms with Crippen molar-refractivity contribution in [1.29, 1.82) is 0 Å². The SMILES string of the molecule is CCCOCCC(C)(CN)C(=O)OCC. The molecule has 15 heavy (non-hydrogen) atoms. The third-order valence-corrected chi connectivity index (χ3v) is 2.37. The molecule has 0 saturated carbocycles. The van der Waals surface area contributed by atoms with Gasteiger partial charge >= 0.3 is 5.97 Å². The summed E-state index contributed by atoms with van der Waals surface area (Å²) >= 11 is 0. The van der Waals surface area contributed by atoms with Crippen LogP contribution in [0.2, 0.25) is 0 Å². The monoisotopic (exact) mass is 217 g/mol. The molecule has 0 aromatic rings. The van der Waals surface area contributed by atoms with Crippen LogP contribution in [0.1, 0.15) is 33.6 Å². The maximum absolute atomic E-state index is 11.6. The van der Waals surface area contributed by atoms with Crippen molar-refractivity contribution in [2.45, 2.75) is 33.6 Å². The van der Waals surface area contributed by atoms with Gasteiger partial charge in [-0.05, 0) is 26.7 Å². The predicted octanol–water partition coefficient (Wildman–Crippen LogP) is 1.33. The molecule has 0 aliphatic rings. The molecule has 0 aliphatic carbocycles. The van der Waals surface area contributed by atoms with E-state index in [-0.39, 0.29) is 5.97 Å². The molecule has 0 amide bonds. The Morgan fingerprint density at radius 3 is 2.47 bits per heavy atom. The largest absolute Gasteiger partial charge is 0.466 e. The number of esters is 1. The summed E-state index contributed by atoms with van der Waals surface area (Å²) in [7, 11) is 0. The van der Waals surface area contributed by atoms with Crippen LogP contribution in [0, 0.1) is 5.41 Å². The molecule has 1 unspecified atom stereocenters. The van der Waals surface area contributed by atoms with E-state index in [9.17, 15) is 4.79 Å². The number of hydrogen-bond donors (Lipinski definition) is 1. The molecule has 4 heteroatoms. The number of ether oxygens (including phenoxy) is 2. The lowest BCUT2D eigenvalue weighted by Gasteiger charge is -2.25. The molecular weight excluding hydrogens is 194 g/mol. The number of carbonyl (C=O) groups excluding carboxylic acids is 1. The van der Waals surface area contributed by atoms with E-state index in [1.54, 1.807) is 6.92 Å². The standard InChI is InChI=1S/C11H23NO3/c1-4-7-14-8-6-11(3,9-12)10(13)15-5-2/h4-9,12H2,1-3H3. The minimum Gasteiger partial charge on any atom is -0.466 e. The molecule has 4 nitrogen and oxygen atoms in total. The molecule has 0 aromatic heterocycles. The number of hydrogen-bond acceptors (Lipinski definition) is 4. The van der Waals surface area contributed by atoms with Crippen molar-refractivity contribution >= 4 is 5.97 Å². The second kappa shape index (κ2) is 7.65. The fourth-order valence-corrected chi connectivity index (χ4v) is 1.14. The van der Waals surface area contributed by atoms with Gasteiger partial charge in [0.1, 0.15) is 0 Å². The summed E-state index contributed by atoms with van der Waals surface area (Å²) in [6.45, 7) is 7.63. The summed E-state index contributed by atoms with van der Waals surface area (Å²) in [5.74, 6) is -0.229. The molecule has 0 saturated heterocycles. The van der Waals surface area contributed by atoms with Crippen LogP contribution in [0.3, 0.4) is 0 Å². The van der Waals surface area contributed by atoms with E-state index in [4.69, 9.17) is 15.2 Å². The summed E-state index contributed by atoms with van der Waals surface area (Å²) in [4.78, 5) is 11.6. The van der Waals surface area contributed by atoms with E-state index >= 15 is 0 Å². The highest BCUT2D eigenvalue weighted by Crippen LogP contribution is 2.21. The van der Waals surface area contributed by atoms with Gasteiger partial charge < -0.3 is 15.2 Å². The zero-order chi connectivity index (χ0) is 11.7. The Morgan fingerprint density at radius 2 is 2.00 bits per heavy atom. The lowest BCUT2D eigenvalue weighted by atomic mass is 9.87. The predicted molar refractivity (Wildman–Crippen MR) is 59.5 cm³/mol. The van der Waals surface area contributed by atoms with E-state index in [0.717, 1.165) is 13.0 Å². The van der Waals surface area contributed by atoms with Gasteiger partial charge in [-0.1, -0.05) is 6.92 Å². The lowest BCUT2D eigenvalue weighted by Crippen LogP contribution is -2.38. The Morgan fingerprint density at radius 1 is 1.33 bits per heavy atom. The van der Waals surface area contributed by atoms with Gasteiger partial charge in [0.2, 0.25) is 0 Å². The Kier molecular flexibility index (Phi) is 7.34. The van der Waals surface area contributed by atoms with Crippen LogP contribution in [0.4, 0.5) is 0 Å². The fraction of sp³-hybridized carbons (Fsp3) is 0.909. The van der Waals surface area contributed by atoms with Gasteiger partial charge in [-0.2, -0.15) is 0 Å². The first-order valence-electron chi connectivity index (χ1n) is 5.55. The van der Waals surface area contributed by atoms with Gasteiger partial charge in [0.05, 0.1) is 12.0 Å². The topological polar surface area (TPSA) is 61.5 Å². The summed E-state index contributed by atoms with van der Waals surface area (Å²) in [5.41, 5.74) is 4.99. The van der Waals surface area contributed by atoms with E-state index in [1.165, 1.54) is 0 Å². The molecule has 0 heterocycles. The normalized spacial score (nSPS) is 14.7. The fourth-order valence-electron chi connectivity index (χ4n) is 1.14. The van der Waals surface area contributed by atoms with E-state index in [2.05, 4.69) is 0 Å². The van der Waals surface area contributed by atoms with Crippen LogP contribution in [-0.2, 0) is 14.3 Å². The highest BCUT2D eigenvalue weighted by molar-refractivity contribution is 5.76. The zero-order valence-corrected chi connectivity index (χ0v) is 10.0. The molecule has 0 rings (SSSR count). The smallest absolute Gasteiger partial charge is 0.313 e. The molecular formula is C11H23NO3. The quantitative estimate of drug-likeness (QED) is 0.492. The molecule has 90 valence electrons. The zero-order valence-electron chi connectivity index (χ0n) is 10.0. The van der Waals surface area contributed by atoms with Gasteiger partial charge in [-0.3, -0.25) is 4.79 Å². The molecule has 0 radical (unpaired) electrons. The molecule has 0 fully saturated rings. The summed E-state index contributed by atoms with van der Waals surface area (Å²) in [5, 5.41) is 0. The van der Waals surface area contributed by atoms with Gasteiger partial charge in [-0.15, -0.1) is 0 Å². The van der Waals surface area contributed by atoms with Crippen molar-refractivity contribution in [3.63, 3.8) is 0 Å². The highest BCUT2D eigenvalue weighted by atomic mass is 16.5. The number of nitrogens with two attached hydrogens (primary N) is 1. The van der Waals surface area contributed by atoms with Gasteiger partial charge in [0, 0.05) is 19.8 Å². The summed E-state index contributed by atoms with van der Waals surface area (Å²) in [6, 6.07) is 0. The molecule has 0 aliphatic heterocycles. The van der Waals surface area contributed by atoms with Crippen LogP contribution >= 0.6 is 0 Å². The number of carbonyl (C=O) groups is 1. The minimum atomic E-state index is -0.607. The van der Waals surface area contributed by atoms with Crippen LogP contribution in [0.5, 0.6) is 0 Å². The molecule has 0 aromatic carbocycles. The average Bonchev–Trinajstić information content (AvgIpc) is 2.24. The van der Waals surface area contributed by atoms with Gasteiger partial charge in [0.25, 0.3) is 0 Å². The first-order chi connectivity index (χ1) is 7.10. The lowest BCUT2D eigenvalue weighted by molar-refractivity contribution is -0.155. The first kappa shape index (κ1) is 14.4. The van der Waals surface area contributed by atoms with Crippen LogP contribution in [0.15, 0.2) is 0 Å². The Balaban J connectivity index is 4.00. The van der Waals surface area contributed by atoms with Gasteiger partial charge in [-0.25, -0.2) is 0 Å². The first-order valence-corrected chi connectivity index (χ1v) is 5.55. The molecule has 0 bridgehead atoms. The van der Waals surface area contributed by atoms with Crippen LogP contribution in [0.25, 0.3) is 0 Å². The van der Waals surface area contributed by atoms with Crippen molar-refractivity contribution in [2.75, 3.05) is 26.4 Å². The molecule has 2 N–H and O–H groups in total. The van der Waals surface area contributed by atoms with Crippen molar-refractivity contribution in [3.05, 3.63) is 0 Å². The molecule has 0 spiro atoms. The second-order valence-electron chi connectivity index (χ2n) is 3.85. The highest BCUT2D eigenvalue weighted by Gasteiger charge is 2.32. The Labute approximate surface area is 92.1 Å². The van der Waals surface area contributed by atoms with Crippen LogP contribution in [-0.4, -0.2) is 32.3 Å². The van der Waals surface area contributed by atoms with Crippen molar-refractivity contribution in [1.82, 2.24) is 0 Å². The van der Waals surface area contributed by atoms with Crippen molar-refractivity contribution < 1.29 is 14.3 Å². The maximum atomic E-state index is 11.6. The summed E-state index contributed by atoms with van der Waals surface area (Å²) < 4.78 is 10.3. The van der Waals surface area contributed by atoms with Crippen molar-refractivity contribution in [3.8, 4) is 0 Å². The maximum Gasteiger partial charge on any atom is 0.313 e. The van der Waals surface area contributed by atoms with Gasteiger partial charge in [0.15, 0.2) is 0 Å². The Bertz CT molecular complexity index is 185. The third kappa shape index (κ3) is 5.14. The summed E-state index contributed by atoms with van der Waals surface area (Å²) in [6.07, 6.45) is 1.60. The number of rotatable bonds is 8. The molecule has 1 atom stereocenters. The van der Waals surface area contributed by atoms with E-state index < -0.39 is 5.41 Å². The van der Waals surface area contributed by atoms with Crippen LogP contribution < -0.4 is 5.73 Å². The Hall–Kier alpha value is -0.610. The second-order valence-corrected chi connectivity index (χ2v) is 3.85. The third-order valence-electron chi connectivity index (χ3n) is 2.37. The minimum absolute atomic E-state index is 0.229. The van der Waals surface area contributed by atoms with E-state index in [1.807, 2.05) is 13.8 Å².